The van der Waals surface area contributed by atoms with Gasteiger partial charge in [0.1, 0.15) is 0 Å². The monoisotopic (exact) mass is 154 g/mol. The lowest BCUT2D eigenvalue weighted by molar-refractivity contribution is 0.214. The van der Waals surface area contributed by atoms with Crippen LogP contribution in [0.3, 0.4) is 0 Å². The van der Waals surface area contributed by atoms with E-state index in [-0.39, 0.29) is 0 Å². The number of hydrogen-bond acceptors (Lipinski definition) is 2. The lowest BCUT2D eigenvalue weighted by Crippen LogP contribution is -2.39. The van der Waals surface area contributed by atoms with Crippen molar-refractivity contribution in [3.63, 3.8) is 0 Å². The molecule has 1 N–H and O–H groups in total. The topological polar surface area (TPSA) is 40.5 Å². The second-order valence-electron chi connectivity index (χ2n) is 3.19. The maximum atomic E-state index is 10.3. The van der Waals surface area contributed by atoms with Crippen molar-refractivity contribution in [2.75, 3.05) is 13.1 Å². The highest BCUT2D eigenvalue weighted by Gasteiger charge is 2.18. The third-order valence-electron chi connectivity index (χ3n) is 2.11. The summed E-state index contributed by atoms with van der Waals surface area (Å²) in [4.78, 5) is 12.1. The van der Waals surface area contributed by atoms with E-state index in [0.29, 0.717) is 0 Å². The van der Waals surface area contributed by atoms with E-state index in [1.54, 1.807) is 0 Å². The van der Waals surface area contributed by atoms with Gasteiger partial charge < -0.3 is 9.92 Å². The lowest BCUT2D eigenvalue weighted by Gasteiger charge is -2.28. The van der Waals surface area contributed by atoms with Gasteiger partial charge in [0, 0.05) is 0 Å². The molecule has 0 unspecified atom stereocenters. The number of rotatable bonds is 2. The molecule has 61 valence electrons. The van der Waals surface area contributed by atoms with E-state index in [1.807, 2.05) is 4.81 Å². The van der Waals surface area contributed by atoms with E-state index in [9.17, 15) is 4.79 Å². The van der Waals surface area contributed by atoms with Crippen LogP contribution in [0.1, 0.15) is 19.8 Å². The van der Waals surface area contributed by atoms with Gasteiger partial charge in [-0.2, -0.15) is 0 Å². The van der Waals surface area contributed by atoms with Gasteiger partial charge in [0.15, 0.2) is 0 Å². The molecule has 1 radical (unpaired) electrons. The minimum atomic E-state index is -0.834. The molecular weight excluding hydrogens is 141 g/mol. The lowest BCUT2D eigenvalue weighted by atomic mass is 9.86. The van der Waals surface area contributed by atoms with Gasteiger partial charge in [-0.3, -0.25) is 4.79 Å². The van der Waals surface area contributed by atoms with Crippen LogP contribution in [-0.4, -0.2) is 36.3 Å². The molecule has 0 bridgehead atoms. The Bertz CT molecular complexity index is 143. The van der Waals surface area contributed by atoms with Gasteiger partial charge in [0.25, 0.3) is 5.87 Å². The average Bonchev–Trinajstić information content (AvgIpc) is 1.93. The van der Waals surface area contributed by atoms with E-state index >= 15 is 0 Å². The van der Waals surface area contributed by atoms with Crippen molar-refractivity contribution in [3.8, 4) is 0 Å². The predicted molar refractivity (Wildman–Crippen MR) is 43.7 cm³/mol. The van der Waals surface area contributed by atoms with Gasteiger partial charge in [-0.25, -0.2) is 0 Å². The molecule has 0 atom stereocenters. The molecule has 0 aromatic heterocycles. The highest BCUT2D eigenvalue weighted by atomic mass is 16.4. The first-order chi connectivity index (χ1) is 5.18. The summed E-state index contributed by atoms with van der Waals surface area (Å²) in [5.74, 6) is -0.0759. The zero-order valence-corrected chi connectivity index (χ0v) is 6.79. The summed E-state index contributed by atoms with van der Waals surface area (Å²) >= 11 is 0. The van der Waals surface area contributed by atoms with Crippen LogP contribution in [0.25, 0.3) is 0 Å². The van der Waals surface area contributed by atoms with Gasteiger partial charge in [-0.05, 0) is 31.8 Å². The van der Waals surface area contributed by atoms with Crippen molar-refractivity contribution in [2.45, 2.75) is 19.8 Å². The maximum Gasteiger partial charge on any atom is 0.357 e. The fourth-order valence-corrected chi connectivity index (χ4v) is 1.31. The Morgan fingerprint density at radius 3 is 2.55 bits per heavy atom. The summed E-state index contributed by atoms with van der Waals surface area (Å²) in [6.07, 6.45) is 2.23. The molecule has 1 fully saturated rings. The van der Waals surface area contributed by atoms with E-state index < -0.39 is 5.87 Å². The second kappa shape index (κ2) is 3.76. The fourth-order valence-electron chi connectivity index (χ4n) is 1.31. The van der Waals surface area contributed by atoms with Crippen LogP contribution in [-0.2, 0) is 0 Å². The Labute approximate surface area is 67.6 Å². The predicted octanol–water partition coefficient (Wildman–Crippen LogP) is 1.02. The highest BCUT2D eigenvalue weighted by Crippen LogP contribution is 2.14. The fraction of sp³-hybridized carbons (Fsp3) is 0.857. The van der Waals surface area contributed by atoms with Gasteiger partial charge in [-0.15, -0.1) is 0 Å². The summed E-state index contributed by atoms with van der Waals surface area (Å²) in [6.45, 7) is 4.00. The van der Waals surface area contributed by atoms with Gasteiger partial charge in [0.2, 0.25) is 0 Å². The molecular formula is C7H13BNO2. The van der Waals surface area contributed by atoms with Crippen LogP contribution < -0.4 is 0 Å². The Morgan fingerprint density at radius 1 is 1.55 bits per heavy atom. The quantitative estimate of drug-likeness (QED) is 0.603. The number of carboxylic acid groups (broad SMARTS) is 1. The molecule has 0 aliphatic carbocycles. The molecule has 1 aliphatic heterocycles. The first-order valence-electron chi connectivity index (χ1n) is 4.00. The van der Waals surface area contributed by atoms with Crippen molar-refractivity contribution in [3.05, 3.63) is 0 Å². The molecule has 1 saturated heterocycles. The molecule has 0 spiro atoms. The first-order valence-corrected chi connectivity index (χ1v) is 4.00. The van der Waals surface area contributed by atoms with Crippen LogP contribution in [0.5, 0.6) is 0 Å². The summed E-state index contributed by atoms with van der Waals surface area (Å²) in [5, 5.41) is 8.43. The van der Waals surface area contributed by atoms with Crippen molar-refractivity contribution < 1.29 is 9.90 Å². The van der Waals surface area contributed by atoms with Gasteiger partial charge in [-0.1, -0.05) is 6.92 Å². The highest BCUT2D eigenvalue weighted by molar-refractivity contribution is 6.69. The average molecular weight is 154 g/mol. The SMILES string of the molecule is CC1CCN([B]C(=O)O)CC1. The summed E-state index contributed by atoms with van der Waals surface area (Å²) in [7, 11) is 1.28. The van der Waals surface area contributed by atoms with E-state index in [4.69, 9.17) is 5.11 Å². The molecule has 0 amide bonds. The maximum absolute atomic E-state index is 10.3. The van der Waals surface area contributed by atoms with E-state index in [0.717, 1.165) is 31.8 Å². The molecule has 4 heteroatoms. The van der Waals surface area contributed by atoms with Crippen LogP contribution >= 0.6 is 0 Å². The van der Waals surface area contributed by atoms with Crippen molar-refractivity contribution >= 4 is 13.3 Å². The zero-order chi connectivity index (χ0) is 8.27. The van der Waals surface area contributed by atoms with Crippen molar-refractivity contribution in [1.82, 2.24) is 4.81 Å². The Balaban J connectivity index is 2.22. The third kappa shape index (κ3) is 2.93. The summed E-state index contributed by atoms with van der Waals surface area (Å²) in [5.41, 5.74) is 0. The first kappa shape index (κ1) is 8.59. The van der Waals surface area contributed by atoms with Gasteiger partial charge in [0.05, 0.1) is 0 Å². The van der Waals surface area contributed by atoms with Crippen LogP contribution in [0, 0.1) is 5.92 Å². The molecule has 0 aromatic carbocycles. The molecule has 0 aromatic rings. The van der Waals surface area contributed by atoms with Gasteiger partial charge >= 0.3 is 7.41 Å². The van der Waals surface area contributed by atoms with Crippen LogP contribution in [0.2, 0.25) is 0 Å². The molecule has 11 heavy (non-hydrogen) atoms. The van der Waals surface area contributed by atoms with Crippen molar-refractivity contribution in [1.29, 1.82) is 0 Å². The van der Waals surface area contributed by atoms with Crippen LogP contribution in [0.15, 0.2) is 0 Å². The second-order valence-corrected chi connectivity index (χ2v) is 3.19. The molecule has 0 saturated carbocycles. The number of nitrogens with zero attached hydrogens (tertiary/aromatic N) is 1. The number of carbonyl (C=O) groups is 1. The Morgan fingerprint density at radius 2 is 2.09 bits per heavy atom. The number of piperidine rings is 1. The Kier molecular flexibility index (Phi) is 2.94. The largest absolute Gasteiger partial charge is 0.488 e. The molecule has 1 heterocycles. The summed E-state index contributed by atoms with van der Waals surface area (Å²) < 4.78 is 0. The molecule has 1 rings (SSSR count). The molecule has 1 aliphatic rings. The standard InChI is InChI=1S/C7H13BNO2/c1-6-2-4-9(5-3-6)8-7(10)11/h6H,2-5H2,1H3,(H,10,11). The van der Waals surface area contributed by atoms with E-state index in [2.05, 4.69) is 6.92 Å². The minimum absolute atomic E-state index is 0.758. The third-order valence-corrected chi connectivity index (χ3v) is 2.11. The molecule has 3 nitrogen and oxygen atoms in total. The normalized spacial score (nSPS) is 21.5. The smallest absolute Gasteiger partial charge is 0.357 e. The van der Waals surface area contributed by atoms with Crippen LogP contribution in [0.4, 0.5) is 4.79 Å². The zero-order valence-electron chi connectivity index (χ0n) is 6.79. The van der Waals surface area contributed by atoms with E-state index in [1.165, 1.54) is 7.41 Å². The minimum Gasteiger partial charge on any atom is -0.488 e. The number of hydrogen-bond donors (Lipinski definition) is 1. The summed E-state index contributed by atoms with van der Waals surface area (Å²) in [6, 6.07) is 0. The Hall–Kier alpha value is -0.505. The van der Waals surface area contributed by atoms with Crippen molar-refractivity contribution in [2.24, 2.45) is 5.92 Å².